The van der Waals surface area contributed by atoms with Crippen molar-refractivity contribution in [2.45, 2.75) is 27.7 Å². The van der Waals surface area contributed by atoms with E-state index in [0.717, 1.165) is 33.8 Å². The number of hydrogen-bond acceptors (Lipinski definition) is 3. The van der Waals surface area contributed by atoms with Crippen LogP contribution in [0.5, 0.6) is 0 Å². The highest BCUT2D eigenvalue weighted by molar-refractivity contribution is 6.39. The maximum atomic E-state index is 12.1. The van der Waals surface area contributed by atoms with Crippen molar-refractivity contribution in [3.05, 3.63) is 81.6 Å². The lowest BCUT2D eigenvalue weighted by Gasteiger charge is -2.11. The maximum absolute atomic E-state index is 12.1. The van der Waals surface area contributed by atoms with Gasteiger partial charge in [0, 0.05) is 22.6 Å². The van der Waals surface area contributed by atoms with Crippen LogP contribution >= 0.6 is 11.6 Å². The van der Waals surface area contributed by atoms with E-state index in [1.165, 1.54) is 6.21 Å². The van der Waals surface area contributed by atoms with Crippen molar-refractivity contribution in [3.63, 3.8) is 0 Å². The third kappa shape index (κ3) is 4.78. The predicted molar refractivity (Wildman–Crippen MR) is 121 cm³/mol. The van der Waals surface area contributed by atoms with E-state index in [-0.39, 0.29) is 0 Å². The van der Waals surface area contributed by atoms with E-state index in [0.29, 0.717) is 10.7 Å². The molecule has 0 aliphatic heterocycles. The van der Waals surface area contributed by atoms with Crippen molar-refractivity contribution in [1.82, 2.24) is 9.99 Å². The van der Waals surface area contributed by atoms with Crippen molar-refractivity contribution < 1.29 is 9.59 Å². The summed E-state index contributed by atoms with van der Waals surface area (Å²) in [6, 6.07) is 15.1. The molecule has 30 heavy (non-hydrogen) atoms. The topological polar surface area (TPSA) is 75.5 Å². The normalized spacial score (nSPS) is 11.0. The maximum Gasteiger partial charge on any atom is 0.329 e. The van der Waals surface area contributed by atoms with Crippen LogP contribution in [0.3, 0.4) is 0 Å². The van der Waals surface area contributed by atoms with Crippen molar-refractivity contribution in [3.8, 4) is 5.69 Å². The van der Waals surface area contributed by atoms with Crippen molar-refractivity contribution in [2.75, 3.05) is 5.32 Å². The van der Waals surface area contributed by atoms with Crippen molar-refractivity contribution in [2.24, 2.45) is 5.10 Å². The van der Waals surface area contributed by atoms with Crippen LogP contribution in [0.15, 0.2) is 53.6 Å². The largest absolute Gasteiger partial charge is 0.329 e. The third-order valence-electron chi connectivity index (χ3n) is 4.62. The second kappa shape index (κ2) is 8.97. The number of nitrogens with zero attached hydrogens (tertiary/aromatic N) is 2. The minimum atomic E-state index is -0.842. The van der Waals surface area contributed by atoms with E-state index in [9.17, 15) is 9.59 Å². The van der Waals surface area contributed by atoms with Gasteiger partial charge in [-0.05, 0) is 69.2 Å². The molecule has 0 saturated carbocycles. The van der Waals surface area contributed by atoms with E-state index >= 15 is 0 Å². The fourth-order valence-corrected chi connectivity index (χ4v) is 3.59. The third-order valence-corrected chi connectivity index (χ3v) is 4.94. The molecule has 0 aliphatic carbocycles. The molecule has 154 valence electrons. The smallest absolute Gasteiger partial charge is 0.318 e. The minimum Gasteiger partial charge on any atom is -0.318 e. The molecule has 3 rings (SSSR count). The summed E-state index contributed by atoms with van der Waals surface area (Å²) in [4.78, 5) is 24.2. The van der Waals surface area contributed by atoms with E-state index in [1.54, 1.807) is 12.1 Å². The highest BCUT2D eigenvalue weighted by Gasteiger charge is 2.14. The van der Waals surface area contributed by atoms with Crippen LogP contribution in [-0.2, 0) is 9.59 Å². The van der Waals surface area contributed by atoms with Gasteiger partial charge in [0.1, 0.15) is 0 Å². The minimum absolute atomic E-state index is 0.569. The van der Waals surface area contributed by atoms with Crippen molar-refractivity contribution >= 4 is 35.3 Å². The quantitative estimate of drug-likeness (QED) is 0.370. The van der Waals surface area contributed by atoms with Crippen LogP contribution < -0.4 is 10.7 Å². The Kier molecular flexibility index (Phi) is 6.37. The Balaban J connectivity index is 1.69. The number of rotatable bonds is 4. The van der Waals surface area contributed by atoms with E-state index in [1.807, 2.05) is 68.7 Å². The molecule has 6 nitrogen and oxygen atoms in total. The number of aryl methyl sites for hydroxylation is 3. The first-order chi connectivity index (χ1) is 14.3. The zero-order valence-electron chi connectivity index (χ0n) is 17.3. The molecule has 7 heteroatoms. The predicted octanol–water partition coefficient (Wildman–Crippen LogP) is 4.45. The van der Waals surface area contributed by atoms with Gasteiger partial charge in [-0.15, -0.1) is 0 Å². The summed E-state index contributed by atoms with van der Waals surface area (Å²) in [6.07, 6.45) is 1.51. The Morgan fingerprint density at radius 3 is 2.30 bits per heavy atom. The highest BCUT2D eigenvalue weighted by Crippen LogP contribution is 2.25. The zero-order valence-corrected chi connectivity index (χ0v) is 18.0. The molecule has 0 radical (unpaired) electrons. The lowest BCUT2D eigenvalue weighted by atomic mass is 10.1. The van der Waals surface area contributed by atoms with E-state index in [4.69, 9.17) is 11.6 Å². The summed E-state index contributed by atoms with van der Waals surface area (Å²) in [5.41, 5.74) is 8.40. The molecule has 2 amide bonds. The first kappa shape index (κ1) is 21.3. The second-order valence-electron chi connectivity index (χ2n) is 7.14. The van der Waals surface area contributed by atoms with Gasteiger partial charge in [-0.1, -0.05) is 29.8 Å². The van der Waals surface area contributed by atoms with Crippen LogP contribution in [0.25, 0.3) is 5.69 Å². The molecule has 1 heterocycles. The molecular formula is C23H23ClN4O2. The SMILES string of the molecule is Cc1cc(C)cc(NC(=O)C(=O)N/N=C\c2cc(C)n(-c3ccccc3Cl)c2C)c1. The van der Waals surface area contributed by atoms with Gasteiger partial charge in [0.15, 0.2) is 0 Å². The van der Waals surface area contributed by atoms with Gasteiger partial charge in [0.05, 0.1) is 16.9 Å². The summed E-state index contributed by atoms with van der Waals surface area (Å²) >= 11 is 6.32. The Labute approximate surface area is 180 Å². The molecule has 2 N–H and O–H groups in total. The average molecular weight is 423 g/mol. The zero-order chi connectivity index (χ0) is 21.8. The lowest BCUT2D eigenvalue weighted by molar-refractivity contribution is -0.136. The number of carbonyl (C=O) groups excluding carboxylic acids is 2. The van der Waals surface area contributed by atoms with Gasteiger partial charge in [0.25, 0.3) is 0 Å². The number of benzene rings is 2. The second-order valence-corrected chi connectivity index (χ2v) is 7.55. The fourth-order valence-electron chi connectivity index (χ4n) is 3.37. The van der Waals surface area contributed by atoms with Gasteiger partial charge < -0.3 is 9.88 Å². The van der Waals surface area contributed by atoms with Crippen LogP contribution in [0, 0.1) is 27.7 Å². The molecule has 0 aliphatic rings. The molecule has 0 unspecified atom stereocenters. The summed E-state index contributed by atoms with van der Waals surface area (Å²) in [6.45, 7) is 7.74. The van der Waals surface area contributed by atoms with Gasteiger partial charge >= 0.3 is 11.8 Å². The number of aromatic nitrogens is 1. The molecule has 0 fully saturated rings. The summed E-state index contributed by atoms with van der Waals surface area (Å²) in [5.74, 6) is -1.62. The van der Waals surface area contributed by atoms with Gasteiger partial charge in [-0.3, -0.25) is 9.59 Å². The number of anilines is 1. The van der Waals surface area contributed by atoms with Crippen molar-refractivity contribution in [1.29, 1.82) is 0 Å². The molecule has 0 saturated heterocycles. The van der Waals surface area contributed by atoms with Crippen LogP contribution in [0.4, 0.5) is 5.69 Å². The Morgan fingerprint density at radius 1 is 0.967 bits per heavy atom. The Hall–Kier alpha value is -3.38. The monoisotopic (exact) mass is 422 g/mol. The number of amides is 2. The fraction of sp³-hybridized carbons (Fsp3) is 0.174. The molecule has 0 bridgehead atoms. The number of carbonyl (C=O) groups is 2. The van der Waals surface area contributed by atoms with Crippen LogP contribution in [-0.4, -0.2) is 22.6 Å². The number of nitrogens with one attached hydrogen (secondary N) is 2. The molecule has 2 aromatic carbocycles. The summed E-state index contributed by atoms with van der Waals surface area (Å²) < 4.78 is 2.01. The summed E-state index contributed by atoms with van der Waals surface area (Å²) in [5, 5.41) is 7.16. The standard InChI is InChI=1S/C23H23ClN4O2/c1-14-9-15(2)11-19(10-14)26-22(29)23(30)27-25-13-18-12-16(3)28(17(18)4)21-8-6-5-7-20(21)24/h5-13H,1-4H3,(H,26,29)(H,27,30)/b25-13-. The summed E-state index contributed by atoms with van der Waals surface area (Å²) in [7, 11) is 0. The molecule has 0 atom stereocenters. The van der Waals surface area contributed by atoms with Gasteiger partial charge in [0.2, 0.25) is 0 Å². The van der Waals surface area contributed by atoms with Gasteiger partial charge in [-0.25, -0.2) is 5.43 Å². The Morgan fingerprint density at radius 2 is 1.63 bits per heavy atom. The number of para-hydroxylation sites is 1. The first-order valence-corrected chi connectivity index (χ1v) is 9.80. The number of halogens is 1. The molecular weight excluding hydrogens is 400 g/mol. The highest BCUT2D eigenvalue weighted by atomic mass is 35.5. The lowest BCUT2D eigenvalue weighted by Crippen LogP contribution is -2.32. The first-order valence-electron chi connectivity index (χ1n) is 9.43. The van der Waals surface area contributed by atoms with Crippen LogP contribution in [0.1, 0.15) is 28.1 Å². The molecule has 1 aromatic heterocycles. The number of hydrogen-bond donors (Lipinski definition) is 2. The molecule has 3 aromatic rings. The van der Waals surface area contributed by atoms with Gasteiger partial charge in [-0.2, -0.15) is 5.10 Å². The molecule has 0 spiro atoms. The number of hydrazone groups is 1. The Bertz CT molecular complexity index is 1130. The average Bonchev–Trinajstić information content (AvgIpc) is 2.95. The van der Waals surface area contributed by atoms with E-state index in [2.05, 4.69) is 15.8 Å². The van der Waals surface area contributed by atoms with E-state index < -0.39 is 11.8 Å². The van der Waals surface area contributed by atoms with Crippen LogP contribution in [0.2, 0.25) is 5.02 Å².